The van der Waals surface area contributed by atoms with Gasteiger partial charge in [-0.25, -0.2) is 4.79 Å². The lowest BCUT2D eigenvalue weighted by Crippen LogP contribution is -2.33. The van der Waals surface area contributed by atoms with E-state index < -0.39 is 0 Å². The number of nitrogens with zero attached hydrogens (tertiary/aromatic N) is 2. The first-order valence-electron chi connectivity index (χ1n) is 6.90. The summed E-state index contributed by atoms with van der Waals surface area (Å²) >= 11 is 0. The van der Waals surface area contributed by atoms with Crippen LogP contribution in [0.4, 0.5) is 0 Å². The van der Waals surface area contributed by atoms with Gasteiger partial charge < -0.3 is 9.64 Å². The van der Waals surface area contributed by atoms with Crippen molar-refractivity contribution in [3.8, 4) is 0 Å². The molecule has 2 aliphatic heterocycles. The van der Waals surface area contributed by atoms with Crippen molar-refractivity contribution in [2.45, 2.75) is 32.2 Å². The van der Waals surface area contributed by atoms with Crippen molar-refractivity contribution in [1.82, 2.24) is 9.88 Å². The number of carbonyl (C=O) groups excluding carboxylic acids is 1. The van der Waals surface area contributed by atoms with E-state index >= 15 is 0 Å². The van der Waals surface area contributed by atoms with E-state index in [2.05, 4.69) is 9.88 Å². The molecule has 0 bridgehead atoms. The predicted molar refractivity (Wildman–Crippen MR) is 72.1 cm³/mol. The summed E-state index contributed by atoms with van der Waals surface area (Å²) in [5.74, 6) is -0.237. The van der Waals surface area contributed by atoms with E-state index in [-0.39, 0.29) is 5.97 Å². The third-order valence-corrected chi connectivity index (χ3v) is 3.84. The van der Waals surface area contributed by atoms with E-state index in [0.717, 1.165) is 24.1 Å². The van der Waals surface area contributed by atoms with Crippen molar-refractivity contribution in [2.75, 3.05) is 13.2 Å². The van der Waals surface area contributed by atoms with Gasteiger partial charge in [0.1, 0.15) is 0 Å². The van der Waals surface area contributed by atoms with Crippen LogP contribution in [-0.2, 0) is 9.53 Å². The lowest BCUT2D eigenvalue weighted by atomic mass is 9.87. The molecule has 0 spiro atoms. The molecule has 1 fully saturated rings. The fourth-order valence-electron chi connectivity index (χ4n) is 2.97. The van der Waals surface area contributed by atoms with Crippen LogP contribution < -0.4 is 0 Å². The Morgan fingerprint density at radius 2 is 2.42 bits per heavy atom. The Labute approximate surface area is 113 Å². The predicted octanol–water partition coefficient (Wildman–Crippen LogP) is 2.53. The normalized spacial score (nSPS) is 21.2. The zero-order valence-electron chi connectivity index (χ0n) is 11.1. The van der Waals surface area contributed by atoms with Crippen LogP contribution in [0.3, 0.4) is 0 Å². The molecule has 1 unspecified atom stereocenters. The molecule has 4 heteroatoms. The second-order valence-corrected chi connectivity index (χ2v) is 4.98. The van der Waals surface area contributed by atoms with Crippen LogP contribution in [0.2, 0.25) is 0 Å². The molecule has 19 heavy (non-hydrogen) atoms. The summed E-state index contributed by atoms with van der Waals surface area (Å²) in [5.41, 5.74) is 2.81. The average Bonchev–Trinajstić information content (AvgIpc) is 2.46. The maximum Gasteiger partial charge on any atom is 0.340 e. The zero-order chi connectivity index (χ0) is 13.2. The lowest BCUT2D eigenvalue weighted by molar-refractivity contribution is -0.136. The standard InChI is InChI=1S/C15H18N2O2/c1-2-19-15(18)13-10-17-8-4-3-5-14(17)12-9-16-7-6-11(12)13/h6-7,9-10,14H,2-5,8H2,1H3. The van der Waals surface area contributed by atoms with Gasteiger partial charge in [0.2, 0.25) is 0 Å². The SMILES string of the molecule is CCOC(=O)C1=CN2CCCCC2c2cnccc21. The molecule has 0 N–H and O–H groups in total. The van der Waals surface area contributed by atoms with Gasteiger partial charge >= 0.3 is 5.97 Å². The lowest BCUT2D eigenvalue weighted by Gasteiger charge is -2.39. The molecule has 0 amide bonds. The molecule has 3 heterocycles. The molecule has 2 aliphatic rings. The van der Waals surface area contributed by atoms with Gasteiger partial charge in [0.05, 0.1) is 18.2 Å². The van der Waals surface area contributed by atoms with Crippen LogP contribution in [-0.4, -0.2) is 29.0 Å². The summed E-state index contributed by atoms with van der Waals surface area (Å²) in [6.07, 6.45) is 9.15. The number of piperidine rings is 1. The third-order valence-electron chi connectivity index (χ3n) is 3.84. The number of ether oxygens (including phenoxy) is 1. The first kappa shape index (κ1) is 12.2. The van der Waals surface area contributed by atoms with Crippen LogP contribution >= 0.6 is 0 Å². The van der Waals surface area contributed by atoms with Crippen molar-refractivity contribution >= 4 is 11.5 Å². The number of hydrogen-bond donors (Lipinski definition) is 0. The monoisotopic (exact) mass is 258 g/mol. The minimum Gasteiger partial charge on any atom is -0.462 e. The Balaban J connectivity index is 2.04. The molecule has 1 saturated heterocycles. The van der Waals surface area contributed by atoms with Gasteiger partial charge in [-0.1, -0.05) is 0 Å². The Morgan fingerprint density at radius 1 is 1.53 bits per heavy atom. The highest BCUT2D eigenvalue weighted by Crippen LogP contribution is 2.39. The molecule has 1 aromatic rings. The van der Waals surface area contributed by atoms with Gasteiger partial charge in [-0.15, -0.1) is 0 Å². The maximum absolute atomic E-state index is 12.1. The summed E-state index contributed by atoms with van der Waals surface area (Å²) in [4.78, 5) is 18.6. The van der Waals surface area contributed by atoms with Gasteiger partial charge in [-0.05, 0) is 37.8 Å². The number of rotatable bonds is 2. The molecular formula is C15H18N2O2. The Hall–Kier alpha value is -1.84. The number of fused-ring (bicyclic) bond motifs is 3. The molecule has 0 saturated carbocycles. The van der Waals surface area contributed by atoms with Gasteiger partial charge in [0, 0.05) is 30.7 Å². The van der Waals surface area contributed by atoms with Crippen molar-refractivity contribution in [2.24, 2.45) is 0 Å². The molecule has 0 radical (unpaired) electrons. The second-order valence-electron chi connectivity index (χ2n) is 4.98. The van der Waals surface area contributed by atoms with Crippen molar-refractivity contribution in [1.29, 1.82) is 0 Å². The topological polar surface area (TPSA) is 42.4 Å². The summed E-state index contributed by atoms with van der Waals surface area (Å²) in [6, 6.07) is 2.29. The number of esters is 1. The molecule has 1 atom stereocenters. The summed E-state index contributed by atoms with van der Waals surface area (Å²) in [6.45, 7) is 3.24. The molecule has 4 nitrogen and oxygen atoms in total. The van der Waals surface area contributed by atoms with E-state index in [4.69, 9.17) is 4.74 Å². The third kappa shape index (κ3) is 2.11. The first-order chi connectivity index (χ1) is 9.31. The average molecular weight is 258 g/mol. The van der Waals surface area contributed by atoms with Crippen LogP contribution in [0.25, 0.3) is 5.57 Å². The first-order valence-corrected chi connectivity index (χ1v) is 6.90. The van der Waals surface area contributed by atoms with E-state index in [1.165, 1.54) is 12.8 Å². The highest BCUT2D eigenvalue weighted by molar-refractivity contribution is 6.17. The van der Waals surface area contributed by atoms with Gasteiger partial charge in [0.25, 0.3) is 0 Å². The smallest absolute Gasteiger partial charge is 0.340 e. The van der Waals surface area contributed by atoms with Crippen LogP contribution in [0.1, 0.15) is 43.4 Å². The maximum atomic E-state index is 12.1. The zero-order valence-corrected chi connectivity index (χ0v) is 11.1. The van der Waals surface area contributed by atoms with Crippen LogP contribution in [0.5, 0.6) is 0 Å². The largest absolute Gasteiger partial charge is 0.462 e. The molecular weight excluding hydrogens is 240 g/mol. The molecule has 3 rings (SSSR count). The Morgan fingerprint density at radius 3 is 3.26 bits per heavy atom. The van der Waals surface area contributed by atoms with E-state index in [9.17, 15) is 4.79 Å². The minimum absolute atomic E-state index is 0.237. The van der Waals surface area contributed by atoms with Gasteiger partial charge in [0.15, 0.2) is 0 Å². The molecule has 1 aromatic heterocycles. The van der Waals surface area contributed by atoms with Gasteiger partial charge in [-0.3, -0.25) is 4.98 Å². The second kappa shape index (κ2) is 5.03. The van der Waals surface area contributed by atoms with Crippen molar-refractivity contribution < 1.29 is 9.53 Å². The number of hydrogen-bond acceptors (Lipinski definition) is 4. The van der Waals surface area contributed by atoms with E-state index in [1.54, 1.807) is 6.20 Å². The summed E-state index contributed by atoms with van der Waals surface area (Å²) < 4.78 is 5.16. The molecule has 100 valence electrons. The van der Waals surface area contributed by atoms with Crippen molar-refractivity contribution in [3.63, 3.8) is 0 Å². The quantitative estimate of drug-likeness (QED) is 0.764. The highest BCUT2D eigenvalue weighted by Gasteiger charge is 2.31. The van der Waals surface area contributed by atoms with Crippen LogP contribution in [0, 0.1) is 0 Å². The van der Waals surface area contributed by atoms with Gasteiger partial charge in [-0.2, -0.15) is 0 Å². The number of aromatic nitrogens is 1. The summed E-state index contributed by atoms with van der Waals surface area (Å²) in [7, 11) is 0. The minimum atomic E-state index is -0.237. The molecule has 0 aliphatic carbocycles. The fourth-order valence-corrected chi connectivity index (χ4v) is 2.97. The fraction of sp³-hybridized carbons (Fsp3) is 0.467. The highest BCUT2D eigenvalue weighted by atomic mass is 16.5. The number of carbonyl (C=O) groups is 1. The van der Waals surface area contributed by atoms with E-state index in [0.29, 0.717) is 18.2 Å². The Kier molecular flexibility index (Phi) is 3.23. The number of pyridine rings is 1. The van der Waals surface area contributed by atoms with E-state index in [1.807, 2.05) is 25.4 Å². The molecule has 0 aromatic carbocycles. The van der Waals surface area contributed by atoms with Crippen molar-refractivity contribution in [3.05, 3.63) is 35.8 Å². The van der Waals surface area contributed by atoms with Crippen LogP contribution in [0.15, 0.2) is 24.7 Å². The summed E-state index contributed by atoms with van der Waals surface area (Å²) in [5, 5.41) is 0. The Bertz CT molecular complexity index is 525.